The number of piperidine rings is 1. The molecule has 122 valence electrons. The summed E-state index contributed by atoms with van der Waals surface area (Å²) >= 11 is 1.63. The van der Waals surface area contributed by atoms with E-state index in [1.807, 2.05) is 6.07 Å². The van der Waals surface area contributed by atoms with Crippen LogP contribution in [-0.4, -0.2) is 67.0 Å². The van der Waals surface area contributed by atoms with Gasteiger partial charge in [0.05, 0.1) is 4.88 Å². The lowest BCUT2D eigenvalue weighted by Crippen LogP contribution is -2.44. The van der Waals surface area contributed by atoms with E-state index in [0.29, 0.717) is 0 Å². The van der Waals surface area contributed by atoms with Crippen LogP contribution in [0.4, 0.5) is 0 Å². The van der Waals surface area contributed by atoms with Crippen LogP contribution in [0.5, 0.6) is 0 Å². The van der Waals surface area contributed by atoms with Crippen LogP contribution in [0.1, 0.15) is 33.8 Å². The monoisotopic (exact) mass is 322 g/mol. The van der Waals surface area contributed by atoms with Crippen molar-refractivity contribution in [1.82, 2.24) is 20.2 Å². The van der Waals surface area contributed by atoms with Gasteiger partial charge in [0.2, 0.25) is 0 Å². The highest BCUT2D eigenvalue weighted by Crippen LogP contribution is 2.19. The fourth-order valence-electron chi connectivity index (χ4n) is 3.02. The van der Waals surface area contributed by atoms with Crippen molar-refractivity contribution < 1.29 is 4.79 Å². The van der Waals surface area contributed by atoms with Crippen LogP contribution >= 0.6 is 11.3 Å². The number of amides is 1. The summed E-state index contributed by atoms with van der Waals surface area (Å²) in [5, 5.41) is 2.06. The van der Waals surface area contributed by atoms with Crippen LogP contribution in [0.15, 0.2) is 12.1 Å². The smallest absolute Gasteiger partial charge is 0.275 e. The van der Waals surface area contributed by atoms with Crippen LogP contribution in [0.2, 0.25) is 0 Å². The molecule has 0 unspecified atom stereocenters. The first kappa shape index (κ1) is 15.9. The molecule has 1 amide bonds. The molecular formula is C16H26N4OS. The number of carbonyl (C=O) groups is 1. The molecule has 2 aliphatic rings. The lowest BCUT2D eigenvalue weighted by Gasteiger charge is -2.31. The van der Waals surface area contributed by atoms with Crippen molar-refractivity contribution in [3.8, 4) is 0 Å². The number of hydrogen-bond donors (Lipinski definition) is 1. The highest BCUT2D eigenvalue weighted by atomic mass is 32.1. The van der Waals surface area contributed by atoms with Gasteiger partial charge >= 0.3 is 0 Å². The van der Waals surface area contributed by atoms with Crippen LogP contribution < -0.4 is 5.43 Å². The van der Waals surface area contributed by atoms with E-state index < -0.39 is 0 Å². The van der Waals surface area contributed by atoms with E-state index in [1.54, 1.807) is 11.3 Å². The Kier molecular flexibility index (Phi) is 5.46. The van der Waals surface area contributed by atoms with E-state index >= 15 is 0 Å². The number of carbonyl (C=O) groups excluding carboxylic acids is 1. The predicted molar refractivity (Wildman–Crippen MR) is 90.0 cm³/mol. The summed E-state index contributed by atoms with van der Waals surface area (Å²) in [6.07, 6.45) is 3.64. The van der Waals surface area contributed by atoms with Gasteiger partial charge in [0.1, 0.15) is 0 Å². The van der Waals surface area contributed by atoms with Gasteiger partial charge in [-0.3, -0.25) is 15.1 Å². The zero-order chi connectivity index (χ0) is 15.4. The Morgan fingerprint density at radius 2 is 1.82 bits per heavy atom. The second kappa shape index (κ2) is 7.55. The van der Waals surface area contributed by atoms with E-state index in [0.717, 1.165) is 50.7 Å². The van der Waals surface area contributed by atoms with E-state index in [1.165, 1.54) is 24.1 Å². The summed E-state index contributed by atoms with van der Waals surface area (Å²) in [4.78, 5) is 19.2. The van der Waals surface area contributed by atoms with Gasteiger partial charge in [-0.1, -0.05) is 6.42 Å². The molecule has 0 saturated carbocycles. The third-order valence-electron chi connectivity index (χ3n) is 4.48. The minimum absolute atomic E-state index is 0.0523. The summed E-state index contributed by atoms with van der Waals surface area (Å²) in [7, 11) is 2.17. The zero-order valence-electron chi connectivity index (χ0n) is 13.4. The topological polar surface area (TPSA) is 38.8 Å². The van der Waals surface area contributed by atoms with Crippen molar-refractivity contribution >= 4 is 17.2 Å². The molecule has 0 spiro atoms. The molecule has 1 aromatic heterocycles. The zero-order valence-corrected chi connectivity index (χ0v) is 14.2. The van der Waals surface area contributed by atoms with Crippen molar-refractivity contribution in [2.75, 3.05) is 46.3 Å². The van der Waals surface area contributed by atoms with E-state index in [-0.39, 0.29) is 5.91 Å². The fourth-order valence-corrected chi connectivity index (χ4v) is 3.96. The number of likely N-dealkylation sites (N-methyl/N-ethyl adjacent to an activating group) is 1. The number of hydrogen-bond acceptors (Lipinski definition) is 5. The van der Waals surface area contributed by atoms with E-state index in [9.17, 15) is 4.79 Å². The van der Waals surface area contributed by atoms with Crippen molar-refractivity contribution in [2.45, 2.75) is 25.8 Å². The van der Waals surface area contributed by atoms with Gasteiger partial charge < -0.3 is 4.90 Å². The highest BCUT2D eigenvalue weighted by molar-refractivity contribution is 7.14. The van der Waals surface area contributed by atoms with Crippen LogP contribution in [0, 0.1) is 0 Å². The summed E-state index contributed by atoms with van der Waals surface area (Å²) in [6.45, 7) is 7.42. The van der Waals surface area contributed by atoms with Gasteiger partial charge in [-0.25, -0.2) is 5.01 Å². The summed E-state index contributed by atoms with van der Waals surface area (Å²) in [6, 6.07) is 4.07. The molecule has 0 aromatic carbocycles. The average Bonchev–Trinajstić information content (AvgIpc) is 2.99. The molecule has 22 heavy (non-hydrogen) atoms. The van der Waals surface area contributed by atoms with Crippen LogP contribution in [0.25, 0.3) is 0 Å². The molecule has 2 aliphatic heterocycles. The van der Waals surface area contributed by atoms with Gasteiger partial charge in [0, 0.05) is 50.7 Å². The number of nitrogens with one attached hydrogen (secondary N) is 1. The molecule has 1 aromatic rings. The number of nitrogens with zero attached hydrogens (tertiary/aromatic N) is 3. The largest absolute Gasteiger partial charge is 0.304 e. The Morgan fingerprint density at radius 3 is 2.55 bits per heavy atom. The van der Waals surface area contributed by atoms with Crippen molar-refractivity contribution in [3.63, 3.8) is 0 Å². The number of hydrazine groups is 1. The first-order valence-corrected chi connectivity index (χ1v) is 9.08. The van der Waals surface area contributed by atoms with Crippen molar-refractivity contribution in [3.05, 3.63) is 21.9 Å². The Labute approximate surface area is 136 Å². The predicted octanol–water partition coefficient (Wildman–Crippen LogP) is 1.63. The lowest BCUT2D eigenvalue weighted by molar-refractivity contribution is 0.0754. The first-order valence-electron chi connectivity index (χ1n) is 8.26. The average molecular weight is 322 g/mol. The molecule has 3 rings (SSSR count). The maximum Gasteiger partial charge on any atom is 0.275 e. The minimum atomic E-state index is 0.0523. The third-order valence-corrected chi connectivity index (χ3v) is 5.55. The Morgan fingerprint density at radius 1 is 1.09 bits per heavy atom. The van der Waals surface area contributed by atoms with Crippen LogP contribution in [-0.2, 0) is 6.54 Å². The van der Waals surface area contributed by atoms with Crippen molar-refractivity contribution in [1.29, 1.82) is 0 Å². The standard InChI is InChI=1S/C16H26N4OS/c1-18-9-11-19(12-10-18)13-14-5-6-15(22-14)16(21)17-20-7-3-2-4-8-20/h5-6H,2-4,7-13H2,1H3,(H,17,21). The molecule has 6 heteroatoms. The SMILES string of the molecule is CN1CCN(Cc2ccc(C(=O)NN3CCCCC3)s2)CC1. The minimum Gasteiger partial charge on any atom is -0.304 e. The molecular weight excluding hydrogens is 296 g/mol. The molecule has 2 saturated heterocycles. The first-order chi connectivity index (χ1) is 10.7. The van der Waals surface area contributed by atoms with Crippen LogP contribution in [0.3, 0.4) is 0 Å². The maximum absolute atomic E-state index is 12.3. The Hall–Kier alpha value is -0.950. The highest BCUT2D eigenvalue weighted by Gasteiger charge is 2.18. The Bertz CT molecular complexity index is 490. The van der Waals surface area contributed by atoms with Gasteiger partial charge in [-0.15, -0.1) is 11.3 Å². The molecule has 0 radical (unpaired) electrons. The maximum atomic E-state index is 12.3. The molecule has 0 aliphatic carbocycles. The molecule has 0 bridgehead atoms. The fraction of sp³-hybridized carbons (Fsp3) is 0.688. The molecule has 2 fully saturated rings. The number of thiophene rings is 1. The van der Waals surface area contributed by atoms with E-state index in [2.05, 4.69) is 33.3 Å². The number of rotatable bonds is 4. The molecule has 5 nitrogen and oxygen atoms in total. The summed E-state index contributed by atoms with van der Waals surface area (Å²) < 4.78 is 0. The van der Waals surface area contributed by atoms with Gasteiger partial charge in [-0.05, 0) is 32.0 Å². The quantitative estimate of drug-likeness (QED) is 0.914. The lowest BCUT2D eigenvalue weighted by atomic mass is 10.2. The molecule has 1 N–H and O–H groups in total. The van der Waals surface area contributed by atoms with Gasteiger partial charge in [-0.2, -0.15) is 0 Å². The second-order valence-electron chi connectivity index (χ2n) is 6.33. The Balaban J connectivity index is 1.50. The third kappa shape index (κ3) is 4.29. The second-order valence-corrected chi connectivity index (χ2v) is 7.50. The van der Waals surface area contributed by atoms with E-state index in [4.69, 9.17) is 0 Å². The number of piperazine rings is 1. The summed E-state index contributed by atoms with van der Waals surface area (Å²) in [5.74, 6) is 0.0523. The van der Waals surface area contributed by atoms with Gasteiger partial charge in [0.25, 0.3) is 5.91 Å². The van der Waals surface area contributed by atoms with Crippen molar-refractivity contribution in [2.24, 2.45) is 0 Å². The molecule has 3 heterocycles. The molecule has 0 atom stereocenters. The summed E-state index contributed by atoms with van der Waals surface area (Å²) in [5.41, 5.74) is 3.04. The normalized spacial score (nSPS) is 21.9. The van der Waals surface area contributed by atoms with Gasteiger partial charge in [0.15, 0.2) is 0 Å².